The lowest BCUT2D eigenvalue weighted by Crippen LogP contribution is -2.70. The van der Waals surface area contributed by atoms with Gasteiger partial charge in [0.15, 0.2) is 18.9 Å². The summed E-state index contributed by atoms with van der Waals surface area (Å²) in [6.45, 7) is 2.21. The van der Waals surface area contributed by atoms with Crippen molar-refractivity contribution in [1.82, 2.24) is 10.6 Å². The van der Waals surface area contributed by atoms with Gasteiger partial charge < -0.3 is 75.2 Å². The van der Waals surface area contributed by atoms with Gasteiger partial charge in [0.1, 0.15) is 67.0 Å². The molecule has 2 amide bonds. The van der Waals surface area contributed by atoms with Crippen LogP contribution in [0.4, 0.5) is 0 Å². The van der Waals surface area contributed by atoms with E-state index in [-0.39, 0.29) is 0 Å². The molecule has 226 valence electrons. The second-order valence-corrected chi connectivity index (χ2v) is 9.79. The molecule has 0 aromatic heterocycles. The minimum Gasteiger partial charge on any atom is -0.394 e. The van der Waals surface area contributed by atoms with Crippen molar-refractivity contribution in [3.63, 3.8) is 0 Å². The molecule has 3 saturated heterocycles. The normalized spacial score (nSPS) is 46.9. The highest BCUT2D eigenvalue weighted by Gasteiger charge is 2.54. The standard InChI is InChI=1S/C22H38N2O15/c1-6-13(29)16(32)11(23-7(2)27)21(35-6)38-18-12(24-8(3)28)22(37-10(5-26)15(18)31)39-19-17(33)14(30)9(4-25)36-20(19)34/h6,9-22,25-26,29-34H,4-5H2,1-3H3,(H,23,27)(H,24,28)/t6-,9+,10+,11-,12+,13+,14-,15+,16-,17-,18+,19+,20?,21-,22-/m0/s1. The maximum Gasteiger partial charge on any atom is 0.217 e. The van der Waals surface area contributed by atoms with Crippen molar-refractivity contribution >= 4 is 11.8 Å². The number of aliphatic hydroxyl groups is 8. The van der Waals surface area contributed by atoms with Gasteiger partial charge in [0.2, 0.25) is 11.8 Å². The first kappa shape index (κ1) is 31.9. The molecule has 17 heteroatoms. The van der Waals surface area contributed by atoms with E-state index in [2.05, 4.69) is 10.6 Å². The minimum atomic E-state index is -1.87. The topological polar surface area (TPSA) is 266 Å². The lowest BCUT2D eigenvalue weighted by Gasteiger charge is -2.49. The molecule has 0 radical (unpaired) electrons. The van der Waals surface area contributed by atoms with Gasteiger partial charge in [0.05, 0.1) is 19.3 Å². The number of ether oxygens (including phenoxy) is 5. The monoisotopic (exact) mass is 570 g/mol. The molecule has 3 aliphatic rings. The van der Waals surface area contributed by atoms with Gasteiger partial charge in [-0.25, -0.2) is 0 Å². The number of carbonyl (C=O) groups excluding carboxylic acids is 2. The molecule has 39 heavy (non-hydrogen) atoms. The molecule has 0 aliphatic carbocycles. The van der Waals surface area contributed by atoms with Crippen molar-refractivity contribution in [3.05, 3.63) is 0 Å². The molecule has 3 heterocycles. The van der Waals surface area contributed by atoms with Crippen LogP contribution in [0.2, 0.25) is 0 Å². The third-order valence-corrected chi connectivity index (χ3v) is 6.86. The Balaban J connectivity index is 1.92. The van der Waals surface area contributed by atoms with E-state index < -0.39 is 117 Å². The molecular weight excluding hydrogens is 532 g/mol. The summed E-state index contributed by atoms with van der Waals surface area (Å²) >= 11 is 0. The molecule has 3 aliphatic heterocycles. The fourth-order valence-electron chi connectivity index (χ4n) is 4.80. The Kier molecular flexibility index (Phi) is 11.0. The summed E-state index contributed by atoms with van der Waals surface area (Å²) < 4.78 is 27.9. The van der Waals surface area contributed by atoms with E-state index in [0.29, 0.717) is 0 Å². The number of hydrogen-bond donors (Lipinski definition) is 10. The second-order valence-electron chi connectivity index (χ2n) is 9.79. The van der Waals surface area contributed by atoms with Crippen LogP contribution in [0.15, 0.2) is 0 Å². The molecule has 1 unspecified atom stereocenters. The van der Waals surface area contributed by atoms with Crippen molar-refractivity contribution in [1.29, 1.82) is 0 Å². The largest absolute Gasteiger partial charge is 0.394 e. The summed E-state index contributed by atoms with van der Waals surface area (Å²) in [7, 11) is 0. The molecule has 0 aromatic carbocycles. The quantitative estimate of drug-likeness (QED) is 0.130. The highest BCUT2D eigenvalue weighted by atomic mass is 16.7. The number of carbonyl (C=O) groups is 2. The first-order chi connectivity index (χ1) is 18.3. The summed E-state index contributed by atoms with van der Waals surface area (Å²) in [5.41, 5.74) is 0. The average Bonchev–Trinajstić information content (AvgIpc) is 2.87. The summed E-state index contributed by atoms with van der Waals surface area (Å²) in [5.74, 6) is -1.26. The predicted molar refractivity (Wildman–Crippen MR) is 123 cm³/mol. The van der Waals surface area contributed by atoms with Gasteiger partial charge in [-0.3, -0.25) is 9.59 Å². The van der Waals surface area contributed by atoms with E-state index in [4.69, 9.17) is 23.7 Å². The average molecular weight is 571 g/mol. The third kappa shape index (κ3) is 7.02. The van der Waals surface area contributed by atoms with Crippen molar-refractivity contribution in [2.24, 2.45) is 0 Å². The first-order valence-electron chi connectivity index (χ1n) is 12.4. The van der Waals surface area contributed by atoms with E-state index in [1.54, 1.807) is 0 Å². The van der Waals surface area contributed by atoms with Gasteiger partial charge in [-0.2, -0.15) is 0 Å². The van der Waals surface area contributed by atoms with Crippen molar-refractivity contribution in [2.45, 2.75) is 113 Å². The number of aliphatic hydroxyl groups excluding tert-OH is 8. The highest BCUT2D eigenvalue weighted by Crippen LogP contribution is 2.32. The Hall–Kier alpha value is -1.58. The maximum absolute atomic E-state index is 12.1. The lowest BCUT2D eigenvalue weighted by atomic mass is 9.94. The fraction of sp³-hybridized carbons (Fsp3) is 0.909. The van der Waals surface area contributed by atoms with Crippen LogP contribution in [0, 0.1) is 0 Å². The zero-order valence-electron chi connectivity index (χ0n) is 21.5. The molecule has 15 atom stereocenters. The zero-order valence-corrected chi connectivity index (χ0v) is 21.5. The highest BCUT2D eigenvalue weighted by molar-refractivity contribution is 5.73. The van der Waals surface area contributed by atoms with Gasteiger partial charge in [-0.1, -0.05) is 0 Å². The molecule has 0 spiro atoms. The third-order valence-electron chi connectivity index (χ3n) is 6.86. The smallest absolute Gasteiger partial charge is 0.217 e. The van der Waals surface area contributed by atoms with E-state index in [1.807, 2.05) is 0 Å². The molecule has 10 N–H and O–H groups in total. The van der Waals surface area contributed by atoms with E-state index in [9.17, 15) is 50.4 Å². The summed E-state index contributed by atoms with van der Waals surface area (Å²) in [4.78, 5) is 23.9. The Morgan fingerprint density at radius 3 is 1.74 bits per heavy atom. The molecule has 3 rings (SSSR count). The van der Waals surface area contributed by atoms with Gasteiger partial charge in [0.25, 0.3) is 0 Å². The van der Waals surface area contributed by atoms with Crippen molar-refractivity contribution < 1.29 is 74.1 Å². The predicted octanol–water partition coefficient (Wildman–Crippen LogP) is -6.26. The Morgan fingerprint density at radius 2 is 1.18 bits per heavy atom. The van der Waals surface area contributed by atoms with E-state index >= 15 is 0 Å². The number of amides is 2. The van der Waals surface area contributed by atoms with Gasteiger partial charge >= 0.3 is 0 Å². The summed E-state index contributed by atoms with van der Waals surface area (Å²) in [6, 6.07) is -2.75. The number of rotatable bonds is 8. The number of nitrogens with one attached hydrogen (secondary N) is 2. The molecule has 17 nitrogen and oxygen atoms in total. The van der Waals surface area contributed by atoms with Crippen LogP contribution in [0.5, 0.6) is 0 Å². The van der Waals surface area contributed by atoms with Crippen LogP contribution in [0.1, 0.15) is 20.8 Å². The Bertz CT molecular complexity index is 837. The lowest BCUT2D eigenvalue weighted by molar-refractivity contribution is -0.360. The van der Waals surface area contributed by atoms with Crippen LogP contribution in [-0.4, -0.2) is 158 Å². The van der Waals surface area contributed by atoms with Gasteiger partial charge in [-0.05, 0) is 6.92 Å². The second kappa shape index (κ2) is 13.4. The van der Waals surface area contributed by atoms with Crippen LogP contribution < -0.4 is 10.6 Å². The Morgan fingerprint density at radius 1 is 0.667 bits per heavy atom. The molecule has 3 fully saturated rings. The van der Waals surface area contributed by atoms with Crippen LogP contribution in [-0.2, 0) is 33.3 Å². The molecular formula is C22H38N2O15. The van der Waals surface area contributed by atoms with Crippen molar-refractivity contribution in [2.75, 3.05) is 13.2 Å². The molecule has 0 bridgehead atoms. The van der Waals surface area contributed by atoms with Gasteiger partial charge in [0, 0.05) is 13.8 Å². The molecule has 0 saturated carbocycles. The van der Waals surface area contributed by atoms with Crippen LogP contribution >= 0.6 is 0 Å². The first-order valence-corrected chi connectivity index (χ1v) is 12.4. The molecule has 0 aromatic rings. The maximum atomic E-state index is 12.1. The SMILES string of the molecule is CC(=O)N[C@@H]1[C@H](O[C@H]2[C@H](O)[C@@H](CO)O[C@@H](O[C@H]3C(O)O[C@H](CO)[C@H](O)[C@@H]3O)[C@@H]2NC(C)=O)O[C@@H](C)[C@@H](O)[C@H]1O. The van der Waals surface area contributed by atoms with E-state index in [0.717, 1.165) is 13.8 Å². The summed E-state index contributed by atoms with van der Waals surface area (Å²) in [5, 5.41) is 86.8. The Labute approximate surface area is 223 Å². The van der Waals surface area contributed by atoms with E-state index in [1.165, 1.54) is 6.92 Å². The fourth-order valence-corrected chi connectivity index (χ4v) is 4.80. The summed E-state index contributed by atoms with van der Waals surface area (Å²) in [6.07, 6.45) is -20.0. The van der Waals surface area contributed by atoms with Gasteiger partial charge in [-0.15, -0.1) is 0 Å². The van der Waals surface area contributed by atoms with Crippen LogP contribution in [0.25, 0.3) is 0 Å². The minimum absolute atomic E-state index is 0.599. The number of hydrogen-bond acceptors (Lipinski definition) is 15. The zero-order chi connectivity index (χ0) is 29.2. The van der Waals surface area contributed by atoms with Crippen LogP contribution in [0.3, 0.4) is 0 Å². The van der Waals surface area contributed by atoms with Crippen molar-refractivity contribution in [3.8, 4) is 0 Å².